The van der Waals surface area contributed by atoms with E-state index in [-0.39, 0.29) is 21.9 Å². The minimum atomic E-state index is 0.0137. The average molecular weight is 369 g/mol. The molecule has 3 nitrogen and oxygen atoms in total. The first kappa shape index (κ1) is 20.0. The Bertz CT molecular complexity index is 928. The van der Waals surface area contributed by atoms with Crippen molar-refractivity contribution < 1.29 is 0 Å². The molecule has 0 aliphatic carbocycles. The molecule has 3 heteroatoms. The predicted octanol–water partition coefficient (Wildman–Crippen LogP) is 5.96. The van der Waals surface area contributed by atoms with E-state index in [9.17, 15) is 4.79 Å². The number of hydrogen-bond donors (Lipinski definition) is 1. The van der Waals surface area contributed by atoms with Crippen molar-refractivity contribution in [1.82, 2.24) is 4.98 Å². The second kappa shape index (κ2) is 6.12. The van der Waals surface area contributed by atoms with E-state index in [1.54, 1.807) is 0 Å². The van der Waals surface area contributed by atoms with Gasteiger partial charge in [-0.2, -0.15) is 0 Å². The number of rotatable bonds is 1. The van der Waals surface area contributed by atoms with Crippen molar-refractivity contribution in [3.63, 3.8) is 0 Å². The maximum absolute atomic E-state index is 12.1. The minimum absolute atomic E-state index is 0.0137. The molecule has 2 heterocycles. The zero-order valence-corrected chi connectivity index (χ0v) is 18.6. The van der Waals surface area contributed by atoms with Gasteiger partial charge in [-0.05, 0) is 75.1 Å². The molecule has 0 amide bonds. The van der Waals surface area contributed by atoms with Crippen LogP contribution in [0.3, 0.4) is 0 Å². The Hall–Kier alpha value is -1.77. The molecule has 3 rings (SSSR count). The second-order valence-corrected chi connectivity index (χ2v) is 10.7. The summed E-state index contributed by atoms with van der Waals surface area (Å²) >= 11 is 0. The van der Waals surface area contributed by atoms with E-state index < -0.39 is 0 Å². The fourth-order valence-electron chi connectivity index (χ4n) is 4.66. The van der Waals surface area contributed by atoms with Gasteiger partial charge in [0.25, 0.3) is 5.56 Å². The highest BCUT2D eigenvalue weighted by Gasteiger charge is 2.50. The molecule has 1 aliphatic heterocycles. The largest absolute Gasteiger partial charge is 0.362 e. The van der Waals surface area contributed by atoms with Gasteiger partial charge in [0.15, 0.2) is 0 Å². The van der Waals surface area contributed by atoms with Gasteiger partial charge >= 0.3 is 0 Å². The number of aryl methyl sites for hydroxylation is 1. The highest BCUT2D eigenvalue weighted by molar-refractivity contribution is 5.86. The molecule has 148 valence electrons. The van der Waals surface area contributed by atoms with Crippen LogP contribution in [0.4, 0.5) is 5.69 Å². The molecule has 0 saturated carbocycles. The molecular weight excluding hydrogens is 332 g/mol. The number of benzene rings is 1. The van der Waals surface area contributed by atoms with Gasteiger partial charge in [0, 0.05) is 33.7 Å². The number of fused-ring (bicyclic) bond motifs is 1. The first-order chi connectivity index (χ1) is 12.3. The third-order valence-corrected chi connectivity index (χ3v) is 7.45. The number of aromatic amines is 1. The van der Waals surface area contributed by atoms with Crippen LogP contribution in [0.5, 0.6) is 0 Å². The lowest BCUT2D eigenvalue weighted by atomic mass is 9.63. The van der Waals surface area contributed by atoms with Crippen molar-refractivity contribution in [2.75, 3.05) is 4.90 Å². The van der Waals surface area contributed by atoms with Crippen LogP contribution < -0.4 is 10.5 Å². The summed E-state index contributed by atoms with van der Waals surface area (Å²) in [5.74, 6) is 0. The van der Waals surface area contributed by atoms with Crippen LogP contribution in [0, 0.1) is 24.7 Å². The Balaban J connectivity index is 2.25. The van der Waals surface area contributed by atoms with Gasteiger partial charge in [0.2, 0.25) is 0 Å². The standard InChI is InChI=1S/C24H36N2O/c1-15-16(2)21(27)25-19-11-10-17(14-18(15)19)26-20(22(3,4)5)12-13-23(6,7)24(26,8)9/h10-11,14,20H,12-13H2,1-9H3,(H,25,27)/t20-/m1/s1. The fourth-order valence-corrected chi connectivity index (χ4v) is 4.66. The summed E-state index contributed by atoms with van der Waals surface area (Å²) in [6, 6.07) is 7.03. The summed E-state index contributed by atoms with van der Waals surface area (Å²) in [5, 5.41) is 1.15. The molecule has 0 unspecified atom stereocenters. The lowest BCUT2D eigenvalue weighted by Gasteiger charge is -2.61. The molecular formula is C24H36N2O. The van der Waals surface area contributed by atoms with Gasteiger partial charge in [-0.1, -0.05) is 34.6 Å². The molecule has 1 saturated heterocycles. The molecule has 0 spiro atoms. The zero-order chi connectivity index (χ0) is 20.4. The molecule has 0 bridgehead atoms. The first-order valence-electron chi connectivity index (χ1n) is 10.2. The smallest absolute Gasteiger partial charge is 0.251 e. The van der Waals surface area contributed by atoms with Crippen LogP contribution in [0.25, 0.3) is 10.9 Å². The molecule has 0 radical (unpaired) electrons. The summed E-state index contributed by atoms with van der Waals surface area (Å²) in [4.78, 5) is 17.8. The number of nitrogens with one attached hydrogen (secondary N) is 1. The zero-order valence-electron chi connectivity index (χ0n) is 18.6. The van der Waals surface area contributed by atoms with Crippen molar-refractivity contribution >= 4 is 16.6 Å². The van der Waals surface area contributed by atoms with Crippen LogP contribution in [0.1, 0.15) is 72.4 Å². The molecule has 2 aromatic rings. The van der Waals surface area contributed by atoms with E-state index in [1.165, 1.54) is 18.5 Å². The van der Waals surface area contributed by atoms with Crippen molar-refractivity contribution in [3.05, 3.63) is 39.7 Å². The van der Waals surface area contributed by atoms with Gasteiger partial charge in [-0.25, -0.2) is 0 Å². The monoisotopic (exact) mass is 368 g/mol. The van der Waals surface area contributed by atoms with Crippen molar-refractivity contribution in [3.8, 4) is 0 Å². The van der Waals surface area contributed by atoms with Crippen molar-refractivity contribution in [2.24, 2.45) is 10.8 Å². The van der Waals surface area contributed by atoms with Gasteiger partial charge in [0.1, 0.15) is 0 Å². The van der Waals surface area contributed by atoms with Crippen molar-refractivity contribution in [2.45, 2.75) is 86.7 Å². The Morgan fingerprint density at radius 3 is 2.30 bits per heavy atom. The van der Waals surface area contributed by atoms with E-state index in [0.717, 1.165) is 22.0 Å². The summed E-state index contributed by atoms with van der Waals surface area (Å²) in [7, 11) is 0. The predicted molar refractivity (Wildman–Crippen MR) is 117 cm³/mol. The summed E-state index contributed by atoms with van der Waals surface area (Å²) < 4.78 is 0. The summed E-state index contributed by atoms with van der Waals surface area (Å²) in [6.45, 7) is 20.6. The van der Waals surface area contributed by atoms with E-state index >= 15 is 0 Å². The van der Waals surface area contributed by atoms with Crippen molar-refractivity contribution in [1.29, 1.82) is 0 Å². The van der Waals surface area contributed by atoms with Crippen LogP contribution in [0.2, 0.25) is 0 Å². The number of hydrogen-bond acceptors (Lipinski definition) is 2. The maximum Gasteiger partial charge on any atom is 0.251 e. The third-order valence-electron chi connectivity index (χ3n) is 7.45. The number of piperidine rings is 1. The molecule has 1 aromatic carbocycles. The topological polar surface area (TPSA) is 36.1 Å². The highest BCUT2D eigenvalue weighted by atomic mass is 16.1. The number of aromatic nitrogens is 1. The Kier molecular flexibility index (Phi) is 4.53. The third kappa shape index (κ3) is 3.09. The van der Waals surface area contributed by atoms with Gasteiger partial charge in [-0.15, -0.1) is 0 Å². The first-order valence-corrected chi connectivity index (χ1v) is 10.2. The SMILES string of the molecule is Cc1c(C)c2cc(N3[C@@H](C(C)(C)C)CCC(C)(C)C3(C)C)ccc2[nH]c1=O. The molecule has 1 aliphatic rings. The van der Waals surface area contributed by atoms with Crippen LogP contribution in [0.15, 0.2) is 23.0 Å². The van der Waals surface area contributed by atoms with Crippen LogP contribution in [-0.2, 0) is 0 Å². The Morgan fingerprint density at radius 1 is 1.07 bits per heavy atom. The summed E-state index contributed by atoms with van der Waals surface area (Å²) in [5.41, 5.74) is 4.53. The molecule has 1 aromatic heterocycles. The van der Waals surface area contributed by atoms with Gasteiger partial charge < -0.3 is 9.88 Å². The lowest BCUT2D eigenvalue weighted by molar-refractivity contribution is 0.0804. The maximum atomic E-state index is 12.1. The van der Waals surface area contributed by atoms with E-state index in [1.807, 2.05) is 6.92 Å². The van der Waals surface area contributed by atoms with Crippen LogP contribution >= 0.6 is 0 Å². The normalized spacial score (nSPS) is 22.3. The fraction of sp³-hybridized carbons (Fsp3) is 0.625. The second-order valence-electron chi connectivity index (χ2n) is 10.7. The van der Waals surface area contributed by atoms with E-state index in [0.29, 0.717) is 6.04 Å². The van der Waals surface area contributed by atoms with Gasteiger partial charge in [0.05, 0.1) is 0 Å². The molecule has 1 fully saturated rings. The number of anilines is 1. The van der Waals surface area contributed by atoms with E-state index in [2.05, 4.69) is 83.5 Å². The Labute approximate surface area is 164 Å². The van der Waals surface area contributed by atoms with Crippen LogP contribution in [-0.4, -0.2) is 16.6 Å². The Morgan fingerprint density at radius 2 is 1.70 bits per heavy atom. The molecule has 27 heavy (non-hydrogen) atoms. The average Bonchev–Trinajstić information content (AvgIpc) is 2.54. The highest BCUT2D eigenvalue weighted by Crippen LogP contribution is 2.51. The molecule has 1 atom stereocenters. The van der Waals surface area contributed by atoms with E-state index in [4.69, 9.17) is 0 Å². The number of nitrogens with zero attached hydrogens (tertiary/aromatic N) is 1. The number of pyridine rings is 1. The quantitative estimate of drug-likeness (QED) is 0.673. The lowest BCUT2D eigenvalue weighted by Crippen LogP contribution is -2.64. The minimum Gasteiger partial charge on any atom is -0.362 e. The molecule has 1 N–H and O–H groups in total. The summed E-state index contributed by atoms with van der Waals surface area (Å²) in [6.07, 6.45) is 2.43. The van der Waals surface area contributed by atoms with Gasteiger partial charge in [-0.3, -0.25) is 4.79 Å². The number of H-pyrrole nitrogens is 1.